The van der Waals surface area contributed by atoms with Crippen LogP contribution in [0.5, 0.6) is 0 Å². The van der Waals surface area contributed by atoms with Crippen LogP contribution in [0.3, 0.4) is 0 Å². The van der Waals surface area contributed by atoms with E-state index >= 15 is 0 Å². The Morgan fingerprint density at radius 2 is 0.957 bits per heavy atom. The van der Waals surface area contributed by atoms with Gasteiger partial charge in [-0.3, -0.25) is 4.79 Å². The maximum absolute atomic E-state index is 10.0. The molecule has 23 heavy (non-hydrogen) atoms. The van der Waals surface area contributed by atoms with Gasteiger partial charge in [0.15, 0.2) is 6.29 Å². The molecule has 0 aromatic heterocycles. The van der Waals surface area contributed by atoms with E-state index in [2.05, 4.69) is 67.7 Å². The van der Waals surface area contributed by atoms with Crippen LogP contribution in [0, 0.1) is 0 Å². The molecule has 1 nitrogen and oxygen atoms in total. The predicted octanol–water partition coefficient (Wildman–Crippen LogP) is 6.80. The second-order valence-corrected chi connectivity index (χ2v) is 5.42. The maximum atomic E-state index is 10.0. The zero-order chi connectivity index (χ0) is 16.8. The van der Waals surface area contributed by atoms with Gasteiger partial charge in [-0.25, -0.2) is 0 Å². The standard InChI is InChI=1S/C22H33O/c1-2-3-4-5-6-7-8-9-10-11-12-13-14-15-16-17-18-19-20-21-22-23/h3-4,7-8,10-11,14-15,18-19H,2,5-6,9,12-13,16-17,20-21H2,1H3/b4-3+,8-7+,11-10+,15-14+,19-18+. The monoisotopic (exact) mass is 313 g/mol. The van der Waals surface area contributed by atoms with Gasteiger partial charge in [0, 0.05) is 6.42 Å². The highest BCUT2D eigenvalue weighted by Crippen LogP contribution is 2.00. The number of carbonyl (C=O) groups excluding carboxylic acids is 1. The largest absolute Gasteiger partial charge is 0.291 e. The van der Waals surface area contributed by atoms with E-state index in [0.717, 1.165) is 57.8 Å². The third-order valence-electron chi connectivity index (χ3n) is 3.25. The van der Waals surface area contributed by atoms with E-state index in [0.29, 0.717) is 6.42 Å². The summed E-state index contributed by atoms with van der Waals surface area (Å²) in [7, 11) is 0. The third kappa shape index (κ3) is 20.4. The molecule has 0 aromatic rings. The Labute approximate surface area is 143 Å². The Bertz CT molecular complexity index is 383. The lowest BCUT2D eigenvalue weighted by atomic mass is 10.2. The first-order valence-corrected chi connectivity index (χ1v) is 9.01. The highest BCUT2D eigenvalue weighted by atomic mass is 16.1. The number of hydrogen-bond acceptors (Lipinski definition) is 1. The predicted molar refractivity (Wildman–Crippen MR) is 103 cm³/mol. The summed E-state index contributed by atoms with van der Waals surface area (Å²) < 4.78 is 0. The number of hydrogen-bond donors (Lipinski definition) is 0. The minimum Gasteiger partial charge on any atom is -0.291 e. The summed E-state index contributed by atoms with van der Waals surface area (Å²) in [5.74, 6) is 0. The SMILES string of the molecule is CC/C=C/CC/C=C/C/C=C/CC/C=C/CC/C=C/CC[C]=O. The molecule has 0 rings (SSSR count). The lowest BCUT2D eigenvalue weighted by Gasteiger charge is -1.89. The molecule has 0 spiro atoms. The van der Waals surface area contributed by atoms with E-state index in [-0.39, 0.29) is 0 Å². The van der Waals surface area contributed by atoms with Crippen molar-refractivity contribution in [2.45, 2.75) is 71.1 Å². The van der Waals surface area contributed by atoms with Gasteiger partial charge in [-0.05, 0) is 57.8 Å². The Kier molecular flexibility index (Phi) is 18.9. The van der Waals surface area contributed by atoms with E-state index in [1.54, 1.807) is 0 Å². The first-order chi connectivity index (χ1) is 11.4. The highest BCUT2D eigenvalue weighted by Gasteiger charge is 1.81. The summed E-state index contributed by atoms with van der Waals surface area (Å²) in [6, 6.07) is 0. The van der Waals surface area contributed by atoms with Crippen molar-refractivity contribution < 1.29 is 4.79 Å². The fraction of sp³-hybridized carbons (Fsp3) is 0.500. The van der Waals surface area contributed by atoms with Gasteiger partial charge in [-0.1, -0.05) is 67.7 Å². The van der Waals surface area contributed by atoms with Crippen molar-refractivity contribution in [1.29, 1.82) is 0 Å². The minimum atomic E-state index is 0.518. The van der Waals surface area contributed by atoms with Crippen LogP contribution in [0.15, 0.2) is 60.8 Å². The van der Waals surface area contributed by atoms with Crippen LogP contribution in [0.1, 0.15) is 71.1 Å². The van der Waals surface area contributed by atoms with Gasteiger partial charge in [0.1, 0.15) is 0 Å². The lowest BCUT2D eigenvalue weighted by Crippen LogP contribution is -1.71. The molecule has 0 amide bonds. The van der Waals surface area contributed by atoms with Crippen LogP contribution in [-0.2, 0) is 4.79 Å². The first kappa shape index (κ1) is 21.4. The first-order valence-electron chi connectivity index (χ1n) is 9.01. The summed E-state index contributed by atoms with van der Waals surface area (Å²) in [4.78, 5) is 10.0. The van der Waals surface area contributed by atoms with Gasteiger partial charge in [0.2, 0.25) is 0 Å². The quantitative estimate of drug-likeness (QED) is 0.240. The zero-order valence-corrected chi connectivity index (χ0v) is 14.8. The maximum Gasteiger partial charge on any atom is 0.198 e. The van der Waals surface area contributed by atoms with Crippen molar-refractivity contribution in [3.63, 3.8) is 0 Å². The third-order valence-corrected chi connectivity index (χ3v) is 3.25. The summed E-state index contributed by atoms with van der Waals surface area (Å²) >= 11 is 0. The normalized spacial score (nSPS) is 12.7. The van der Waals surface area contributed by atoms with Crippen LogP contribution >= 0.6 is 0 Å². The van der Waals surface area contributed by atoms with Crippen LogP contribution < -0.4 is 0 Å². The zero-order valence-electron chi connectivity index (χ0n) is 14.8. The Balaban J connectivity index is 3.37. The van der Waals surface area contributed by atoms with Crippen molar-refractivity contribution >= 4 is 6.29 Å². The Morgan fingerprint density at radius 1 is 0.565 bits per heavy atom. The van der Waals surface area contributed by atoms with Crippen molar-refractivity contribution in [1.82, 2.24) is 0 Å². The summed E-state index contributed by atoms with van der Waals surface area (Å²) in [6.45, 7) is 2.17. The molecule has 1 heteroatoms. The van der Waals surface area contributed by atoms with E-state index in [1.165, 1.54) is 0 Å². The molecule has 127 valence electrons. The fourth-order valence-corrected chi connectivity index (χ4v) is 1.98. The highest BCUT2D eigenvalue weighted by molar-refractivity contribution is 5.50. The Morgan fingerprint density at radius 3 is 1.39 bits per heavy atom. The molecule has 0 heterocycles. The molecule has 0 unspecified atom stereocenters. The Hall–Kier alpha value is -1.63. The van der Waals surface area contributed by atoms with E-state index < -0.39 is 0 Å². The van der Waals surface area contributed by atoms with Crippen LogP contribution in [0.2, 0.25) is 0 Å². The molecule has 0 aliphatic rings. The van der Waals surface area contributed by atoms with Gasteiger partial charge >= 0.3 is 0 Å². The van der Waals surface area contributed by atoms with Crippen LogP contribution in [0.25, 0.3) is 0 Å². The van der Waals surface area contributed by atoms with E-state index in [4.69, 9.17) is 0 Å². The second-order valence-electron chi connectivity index (χ2n) is 5.42. The smallest absolute Gasteiger partial charge is 0.198 e. The molecular formula is C22H33O. The van der Waals surface area contributed by atoms with E-state index in [1.807, 2.05) is 6.29 Å². The summed E-state index contributed by atoms with van der Waals surface area (Å²) in [5.41, 5.74) is 0. The molecule has 0 aromatic carbocycles. The average Bonchev–Trinajstić information content (AvgIpc) is 2.57. The van der Waals surface area contributed by atoms with Crippen LogP contribution in [-0.4, -0.2) is 6.29 Å². The number of allylic oxidation sites excluding steroid dienone is 10. The summed E-state index contributed by atoms with van der Waals surface area (Å²) in [6.07, 6.45) is 34.3. The average molecular weight is 314 g/mol. The molecule has 0 atom stereocenters. The second kappa shape index (κ2) is 20.4. The number of unbranched alkanes of at least 4 members (excludes halogenated alkanes) is 4. The van der Waals surface area contributed by atoms with Gasteiger partial charge in [-0.15, -0.1) is 0 Å². The summed E-state index contributed by atoms with van der Waals surface area (Å²) in [5, 5.41) is 0. The van der Waals surface area contributed by atoms with E-state index in [9.17, 15) is 4.79 Å². The van der Waals surface area contributed by atoms with Crippen molar-refractivity contribution in [2.75, 3.05) is 0 Å². The van der Waals surface area contributed by atoms with Gasteiger partial charge < -0.3 is 0 Å². The molecule has 0 aliphatic heterocycles. The van der Waals surface area contributed by atoms with Crippen molar-refractivity contribution in [3.8, 4) is 0 Å². The molecule has 0 saturated carbocycles. The molecule has 0 fully saturated rings. The fourth-order valence-electron chi connectivity index (χ4n) is 1.98. The van der Waals surface area contributed by atoms with Gasteiger partial charge in [0.05, 0.1) is 0 Å². The number of rotatable bonds is 15. The van der Waals surface area contributed by atoms with Crippen molar-refractivity contribution in [2.24, 2.45) is 0 Å². The van der Waals surface area contributed by atoms with Gasteiger partial charge in [0.25, 0.3) is 0 Å². The minimum absolute atomic E-state index is 0.518. The molecule has 0 N–H and O–H groups in total. The molecule has 1 radical (unpaired) electrons. The molecule has 0 aliphatic carbocycles. The topological polar surface area (TPSA) is 17.1 Å². The lowest BCUT2D eigenvalue weighted by molar-refractivity contribution is 0.551. The van der Waals surface area contributed by atoms with Crippen LogP contribution in [0.4, 0.5) is 0 Å². The molecule has 0 bridgehead atoms. The molecular weight excluding hydrogens is 280 g/mol. The van der Waals surface area contributed by atoms with Crippen molar-refractivity contribution in [3.05, 3.63) is 60.8 Å². The van der Waals surface area contributed by atoms with Gasteiger partial charge in [-0.2, -0.15) is 0 Å². The molecule has 0 saturated heterocycles.